The van der Waals surface area contributed by atoms with E-state index in [1.807, 2.05) is 24.3 Å². The zero-order chi connectivity index (χ0) is 14.4. The number of ether oxygens (including phenoxy) is 1. The molecule has 0 aliphatic heterocycles. The number of hydrogen-bond donors (Lipinski definition) is 1. The van der Waals surface area contributed by atoms with Gasteiger partial charge in [-0.2, -0.15) is 0 Å². The maximum Gasteiger partial charge on any atom is 0.176 e. The Morgan fingerprint density at radius 1 is 1.10 bits per heavy atom. The predicted molar refractivity (Wildman–Crippen MR) is 75.4 cm³/mol. The molecule has 0 radical (unpaired) electrons. The quantitative estimate of drug-likeness (QED) is 0.822. The Morgan fingerprint density at radius 2 is 1.75 bits per heavy atom. The second-order valence-electron chi connectivity index (χ2n) is 4.38. The largest absolute Gasteiger partial charge is 0.497 e. The van der Waals surface area contributed by atoms with Gasteiger partial charge in [0.05, 0.1) is 13.7 Å². The third-order valence-corrected chi connectivity index (χ3v) is 2.94. The number of Topliss-reactive ketones (excluding diaryl/α,β-unsaturated/α-hetero) is 1. The van der Waals surface area contributed by atoms with Crippen molar-refractivity contribution in [3.63, 3.8) is 0 Å². The minimum atomic E-state index is -0.340. The molecule has 0 heterocycles. The van der Waals surface area contributed by atoms with E-state index in [4.69, 9.17) is 4.74 Å². The van der Waals surface area contributed by atoms with Gasteiger partial charge in [0.2, 0.25) is 0 Å². The minimum Gasteiger partial charge on any atom is -0.497 e. The Kier molecular flexibility index (Phi) is 4.85. The molecule has 2 aromatic carbocycles. The highest BCUT2D eigenvalue weighted by atomic mass is 19.1. The van der Waals surface area contributed by atoms with E-state index in [0.29, 0.717) is 12.1 Å². The summed E-state index contributed by atoms with van der Waals surface area (Å²) in [5.74, 6) is 0.405. The second kappa shape index (κ2) is 6.82. The van der Waals surface area contributed by atoms with E-state index in [1.54, 1.807) is 7.11 Å². The second-order valence-corrected chi connectivity index (χ2v) is 4.38. The maximum atomic E-state index is 12.7. The Balaban J connectivity index is 1.82. The first-order valence-corrected chi connectivity index (χ1v) is 6.31. The molecule has 0 aliphatic rings. The summed E-state index contributed by atoms with van der Waals surface area (Å²) in [6.45, 7) is 0.814. The van der Waals surface area contributed by atoms with E-state index in [0.717, 1.165) is 11.3 Å². The molecule has 0 saturated carbocycles. The standard InChI is InChI=1S/C16H16FNO2/c1-20-15-8-2-12(3-9-15)10-18-11-16(19)13-4-6-14(17)7-5-13/h2-9,18H,10-11H2,1H3. The van der Waals surface area contributed by atoms with Gasteiger partial charge in [-0.15, -0.1) is 0 Å². The van der Waals surface area contributed by atoms with Crippen LogP contribution < -0.4 is 10.1 Å². The highest BCUT2D eigenvalue weighted by Crippen LogP contribution is 2.11. The molecule has 20 heavy (non-hydrogen) atoms. The van der Waals surface area contributed by atoms with E-state index in [1.165, 1.54) is 24.3 Å². The van der Waals surface area contributed by atoms with Crippen LogP contribution in [0.1, 0.15) is 15.9 Å². The SMILES string of the molecule is COc1ccc(CNCC(=O)c2ccc(F)cc2)cc1. The topological polar surface area (TPSA) is 38.3 Å². The molecule has 0 atom stereocenters. The van der Waals surface area contributed by atoms with Gasteiger partial charge in [-0.05, 0) is 42.0 Å². The van der Waals surface area contributed by atoms with Gasteiger partial charge in [0.1, 0.15) is 11.6 Å². The van der Waals surface area contributed by atoms with Crippen LogP contribution in [-0.2, 0) is 6.54 Å². The summed E-state index contributed by atoms with van der Waals surface area (Å²) in [6.07, 6.45) is 0. The summed E-state index contributed by atoms with van der Waals surface area (Å²) >= 11 is 0. The van der Waals surface area contributed by atoms with Crippen molar-refractivity contribution in [1.82, 2.24) is 5.32 Å². The third kappa shape index (κ3) is 3.90. The smallest absolute Gasteiger partial charge is 0.176 e. The number of nitrogens with one attached hydrogen (secondary N) is 1. The number of carbonyl (C=O) groups excluding carboxylic acids is 1. The molecule has 2 rings (SSSR count). The Morgan fingerprint density at radius 3 is 2.35 bits per heavy atom. The molecule has 104 valence electrons. The molecule has 0 aliphatic carbocycles. The lowest BCUT2D eigenvalue weighted by Crippen LogP contribution is -2.22. The van der Waals surface area contributed by atoms with Gasteiger partial charge in [0, 0.05) is 12.1 Å². The highest BCUT2D eigenvalue weighted by molar-refractivity contribution is 5.97. The van der Waals surface area contributed by atoms with Crippen molar-refractivity contribution >= 4 is 5.78 Å². The third-order valence-electron chi connectivity index (χ3n) is 2.94. The van der Waals surface area contributed by atoms with Gasteiger partial charge in [0.15, 0.2) is 5.78 Å². The summed E-state index contributed by atoms with van der Waals surface area (Å²) < 4.78 is 17.8. The van der Waals surface area contributed by atoms with Crippen LogP contribution in [-0.4, -0.2) is 19.4 Å². The fourth-order valence-corrected chi connectivity index (χ4v) is 1.80. The van der Waals surface area contributed by atoms with Gasteiger partial charge in [-0.1, -0.05) is 12.1 Å². The average Bonchev–Trinajstić information content (AvgIpc) is 2.48. The van der Waals surface area contributed by atoms with Crippen molar-refractivity contribution in [3.05, 3.63) is 65.5 Å². The molecule has 0 spiro atoms. The molecular formula is C16H16FNO2. The molecule has 3 nitrogen and oxygen atoms in total. The molecule has 0 amide bonds. The first-order valence-electron chi connectivity index (χ1n) is 6.31. The maximum absolute atomic E-state index is 12.7. The first kappa shape index (κ1) is 14.2. The Labute approximate surface area is 117 Å². The van der Waals surface area contributed by atoms with Crippen LogP contribution in [0.2, 0.25) is 0 Å². The predicted octanol–water partition coefficient (Wildman–Crippen LogP) is 2.81. The van der Waals surface area contributed by atoms with Crippen LogP contribution in [0.3, 0.4) is 0 Å². The van der Waals surface area contributed by atoms with Crippen LogP contribution in [0.25, 0.3) is 0 Å². The lowest BCUT2D eigenvalue weighted by atomic mass is 10.1. The van der Waals surface area contributed by atoms with Gasteiger partial charge in [-0.3, -0.25) is 4.79 Å². The first-order chi connectivity index (χ1) is 9.69. The number of halogens is 1. The van der Waals surface area contributed by atoms with Crippen molar-refractivity contribution in [2.45, 2.75) is 6.54 Å². The molecule has 0 aromatic heterocycles. The normalized spacial score (nSPS) is 10.3. The summed E-state index contributed by atoms with van der Waals surface area (Å²) in [7, 11) is 1.62. The highest BCUT2D eigenvalue weighted by Gasteiger charge is 2.05. The lowest BCUT2D eigenvalue weighted by molar-refractivity contribution is 0.0990. The Bertz CT molecular complexity index is 564. The zero-order valence-corrected chi connectivity index (χ0v) is 11.2. The van der Waals surface area contributed by atoms with Crippen molar-refractivity contribution in [2.75, 3.05) is 13.7 Å². The fourth-order valence-electron chi connectivity index (χ4n) is 1.80. The van der Waals surface area contributed by atoms with Gasteiger partial charge in [0.25, 0.3) is 0 Å². The van der Waals surface area contributed by atoms with Crippen LogP contribution in [0.4, 0.5) is 4.39 Å². The molecule has 0 bridgehead atoms. The molecule has 0 fully saturated rings. The number of carbonyl (C=O) groups is 1. The van der Waals surface area contributed by atoms with Gasteiger partial charge < -0.3 is 10.1 Å². The molecule has 2 aromatic rings. The van der Waals surface area contributed by atoms with Crippen LogP contribution in [0.5, 0.6) is 5.75 Å². The number of hydrogen-bond acceptors (Lipinski definition) is 3. The zero-order valence-electron chi connectivity index (χ0n) is 11.2. The van der Waals surface area contributed by atoms with Gasteiger partial charge in [-0.25, -0.2) is 4.39 Å². The molecule has 0 unspecified atom stereocenters. The average molecular weight is 273 g/mol. The lowest BCUT2D eigenvalue weighted by Gasteiger charge is -2.06. The monoisotopic (exact) mass is 273 g/mol. The summed E-state index contributed by atoms with van der Waals surface area (Å²) in [4.78, 5) is 11.8. The van der Waals surface area contributed by atoms with E-state index in [2.05, 4.69) is 5.32 Å². The summed E-state index contributed by atoms with van der Waals surface area (Å²) in [6, 6.07) is 13.2. The van der Waals surface area contributed by atoms with Crippen LogP contribution in [0, 0.1) is 5.82 Å². The number of rotatable bonds is 6. The number of benzene rings is 2. The number of methoxy groups -OCH3 is 1. The van der Waals surface area contributed by atoms with Gasteiger partial charge >= 0.3 is 0 Å². The van der Waals surface area contributed by atoms with Crippen LogP contribution >= 0.6 is 0 Å². The van der Waals surface area contributed by atoms with Crippen molar-refractivity contribution < 1.29 is 13.9 Å². The summed E-state index contributed by atoms with van der Waals surface area (Å²) in [5.41, 5.74) is 1.58. The summed E-state index contributed by atoms with van der Waals surface area (Å²) in [5, 5.41) is 3.07. The number of ketones is 1. The van der Waals surface area contributed by atoms with Crippen molar-refractivity contribution in [2.24, 2.45) is 0 Å². The van der Waals surface area contributed by atoms with E-state index in [-0.39, 0.29) is 18.1 Å². The van der Waals surface area contributed by atoms with E-state index in [9.17, 15) is 9.18 Å². The molecule has 0 saturated heterocycles. The van der Waals surface area contributed by atoms with E-state index >= 15 is 0 Å². The van der Waals surface area contributed by atoms with Crippen molar-refractivity contribution in [1.29, 1.82) is 0 Å². The minimum absolute atomic E-state index is 0.0569. The Hall–Kier alpha value is -2.20. The molecular weight excluding hydrogens is 257 g/mol. The van der Waals surface area contributed by atoms with Crippen molar-refractivity contribution in [3.8, 4) is 5.75 Å². The fraction of sp³-hybridized carbons (Fsp3) is 0.188. The molecule has 4 heteroatoms. The van der Waals surface area contributed by atoms with E-state index < -0.39 is 0 Å². The van der Waals surface area contributed by atoms with Crippen LogP contribution in [0.15, 0.2) is 48.5 Å². The molecule has 1 N–H and O–H groups in total.